The fourth-order valence-corrected chi connectivity index (χ4v) is 2.65. The number of carbonyl (C=O) groups excluding carboxylic acids is 2. The van der Waals surface area contributed by atoms with Gasteiger partial charge in [-0.1, -0.05) is 54.6 Å². The molecular weight excluding hydrogens is 352 g/mol. The zero-order chi connectivity index (χ0) is 19.6. The van der Waals surface area contributed by atoms with Gasteiger partial charge < -0.3 is 16.0 Å². The van der Waals surface area contributed by atoms with Crippen molar-refractivity contribution in [3.05, 3.63) is 91.0 Å². The third-order valence-corrected chi connectivity index (χ3v) is 3.99. The number of nitrogens with one attached hydrogen (secondary N) is 3. The quantitative estimate of drug-likeness (QED) is 0.592. The lowest BCUT2D eigenvalue weighted by Gasteiger charge is -2.23. The highest BCUT2D eigenvalue weighted by Crippen LogP contribution is 2.15. The lowest BCUT2D eigenvalue weighted by Crippen LogP contribution is -2.42. The Morgan fingerprint density at radius 1 is 0.679 bits per heavy atom. The Balaban J connectivity index is 1.60. The molecule has 0 heterocycles. The predicted molar refractivity (Wildman–Crippen MR) is 113 cm³/mol. The smallest absolute Gasteiger partial charge is 0.326 e. The zero-order valence-corrected chi connectivity index (χ0v) is 15.3. The van der Waals surface area contributed by atoms with E-state index in [0.29, 0.717) is 24.5 Å². The molecule has 4 amide bonds. The fourth-order valence-electron chi connectivity index (χ4n) is 2.65. The van der Waals surface area contributed by atoms with Crippen molar-refractivity contribution in [2.24, 2.45) is 0 Å². The molecule has 0 saturated heterocycles. The molecule has 28 heavy (non-hydrogen) atoms. The maximum atomic E-state index is 12.8. The van der Waals surface area contributed by atoms with Gasteiger partial charge in [0.25, 0.3) is 0 Å². The number of urea groups is 2. The van der Waals surface area contributed by atoms with Gasteiger partial charge in [-0.25, -0.2) is 9.59 Å². The van der Waals surface area contributed by atoms with Crippen molar-refractivity contribution in [2.75, 3.05) is 28.6 Å². The van der Waals surface area contributed by atoms with Crippen LogP contribution in [-0.4, -0.2) is 25.2 Å². The van der Waals surface area contributed by atoms with Crippen molar-refractivity contribution in [3.8, 4) is 0 Å². The lowest BCUT2D eigenvalue weighted by molar-refractivity contribution is 0.250. The Morgan fingerprint density at radius 3 is 1.75 bits per heavy atom. The molecule has 0 aromatic heterocycles. The van der Waals surface area contributed by atoms with E-state index in [2.05, 4.69) is 16.0 Å². The molecule has 3 aromatic rings. The number of anilines is 3. The van der Waals surface area contributed by atoms with Crippen LogP contribution in [0.2, 0.25) is 0 Å². The van der Waals surface area contributed by atoms with Gasteiger partial charge in [0, 0.05) is 30.2 Å². The Kier molecular flexibility index (Phi) is 6.62. The highest BCUT2D eigenvalue weighted by atomic mass is 16.2. The van der Waals surface area contributed by atoms with Gasteiger partial charge in [-0.2, -0.15) is 0 Å². The second kappa shape index (κ2) is 9.78. The first-order valence-corrected chi connectivity index (χ1v) is 9.01. The van der Waals surface area contributed by atoms with Crippen LogP contribution in [0.1, 0.15) is 0 Å². The van der Waals surface area contributed by atoms with Gasteiger partial charge in [0.15, 0.2) is 0 Å². The second-order valence-corrected chi connectivity index (χ2v) is 6.03. The van der Waals surface area contributed by atoms with Gasteiger partial charge in [0.1, 0.15) is 0 Å². The molecule has 6 nitrogen and oxygen atoms in total. The maximum absolute atomic E-state index is 12.8. The van der Waals surface area contributed by atoms with Crippen LogP contribution in [0.4, 0.5) is 26.7 Å². The van der Waals surface area contributed by atoms with Crippen molar-refractivity contribution in [2.45, 2.75) is 0 Å². The number of nitrogens with zero attached hydrogens (tertiary/aromatic N) is 1. The molecule has 0 aliphatic heterocycles. The SMILES string of the molecule is O=C(NCCN(C(=O)Nc1ccccc1)c1ccccc1)Nc1ccccc1. The molecule has 0 bridgehead atoms. The summed E-state index contributed by atoms with van der Waals surface area (Å²) in [4.78, 5) is 26.4. The van der Waals surface area contributed by atoms with Gasteiger partial charge in [-0.3, -0.25) is 4.90 Å². The first kappa shape index (κ1) is 19.0. The molecule has 3 N–H and O–H groups in total. The third kappa shape index (κ3) is 5.60. The molecule has 0 saturated carbocycles. The van der Waals surface area contributed by atoms with Crippen LogP contribution in [-0.2, 0) is 0 Å². The van der Waals surface area contributed by atoms with Crippen LogP contribution in [0, 0.1) is 0 Å². The summed E-state index contributed by atoms with van der Waals surface area (Å²) in [5.74, 6) is 0. The van der Waals surface area contributed by atoms with E-state index in [9.17, 15) is 9.59 Å². The highest BCUT2D eigenvalue weighted by molar-refractivity contribution is 6.01. The zero-order valence-electron chi connectivity index (χ0n) is 15.3. The van der Waals surface area contributed by atoms with Crippen molar-refractivity contribution in [3.63, 3.8) is 0 Å². The van der Waals surface area contributed by atoms with E-state index in [1.165, 1.54) is 0 Å². The standard InChI is InChI=1S/C22H22N4O2/c27-21(24-18-10-4-1-5-11-18)23-16-17-26(20-14-8-3-9-15-20)22(28)25-19-12-6-2-7-13-19/h1-15H,16-17H2,(H,25,28)(H2,23,24,27). The lowest BCUT2D eigenvalue weighted by atomic mass is 10.3. The third-order valence-electron chi connectivity index (χ3n) is 3.99. The summed E-state index contributed by atoms with van der Waals surface area (Å²) in [6.07, 6.45) is 0. The summed E-state index contributed by atoms with van der Waals surface area (Å²) in [6, 6.07) is 27.2. The number of rotatable bonds is 6. The van der Waals surface area contributed by atoms with E-state index < -0.39 is 0 Å². The van der Waals surface area contributed by atoms with Crippen LogP contribution in [0.3, 0.4) is 0 Å². The molecule has 3 rings (SSSR count). The number of amides is 4. The van der Waals surface area contributed by atoms with Crippen molar-refractivity contribution < 1.29 is 9.59 Å². The van der Waals surface area contributed by atoms with Crippen LogP contribution in [0.5, 0.6) is 0 Å². The molecule has 0 atom stereocenters. The summed E-state index contributed by atoms with van der Waals surface area (Å²) >= 11 is 0. The van der Waals surface area contributed by atoms with Crippen LogP contribution in [0.15, 0.2) is 91.0 Å². The minimum Gasteiger partial charge on any atom is -0.336 e. The topological polar surface area (TPSA) is 73.5 Å². The second-order valence-electron chi connectivity index (χ2n) is 6.03. The van der Waals surface area contributed by atoms with Crippen LogP contribution >= 0.6 is 0 Å². The molecule has 6 heteroatoms. The molecule has 3 aromatic carbocycles. The van der Waals surface area contributed by atoms with Gasteiger partial charge >= 0.3 is 12.1 Å². The Morgan fingerprint density at radius 2 is 1.18 bits per heavy atom. The van der Waals surface area contributed by atoms with Gasteiger partial charge in [0.05, 0.1) is 0 Å². The Bertz CT molecular complexity index is 886. The number of hydrogen-bond acceptors (Lipinski definition) is 2. The van der Waals surface area contributed by atoms with E-state index in [-0.39, 0.29) is 12.1 Å². The van der Waals surface area contributed by atoms with Gasteiger partial charge in [-0.05, 0) is 36.4 Å². The molecule has 0 aliphatic rings. The fraction of sp³-hybridized carbons (Fsp3) is 0.0909. The molecule has 0 spiro atoms. The first-order valence-electron chi connectivity index (χ1n) is 9.01. The summed E-state index contributed by atoms with van der Waals surface area (Å²) < 4.78 is 0. The average Bonchev–Trinajstić information content (AvgIpc) is 2.73. The Labute approximate surface area is 164 Å². The monoisotopic (exact) mass is 374 g/mol. The van der Waals surface area contributed by atoms with E-state index >= 15 is 0 Å². The summed E-state index contributed by atoms with van der Waals surface area (Å²) in [5.41, 5.74) is 2.17. The molecule has 0 unspecified atom stereocenters. The number of hydrogen-bond donors (Lipinski definition) is 3. The van der Waals surface area contributed by atoms with Gasteiger partial charge in [0.2, 0.25) is 0 Å². The average molecular weight is 374 g/mol. The van der Waals surface area contributed by atoms with Crippen molar-refractivity contribution >= 4 is 29.1 Å². The summed E-state index contributed by atoms with van der Waals surface area (Å²) in [6.45, 7) is 0.626. The first-order chi connectivity index (χ1) is 13.7. The van der Waals surface area contributed by atoms with Crippen molar-refractivity contribution in [1.29, 1.82) is 0 Å². The highest BCUT2D eigenvalue weighted by Gasteiger charge is 2.16. The van der Waals surface area contributed by atoms with E-state index in [1.807, 2.05) is 91.0 Å². The number of benzene rings is 3. The van der Waals surface area contributed by atoms with E-state index in [0.717, 1.165) is 5.69 Å². The molecular formula is C22H22N4O2. The molecule has 0 fully saturated rings. The minimum atomic E-state index is -0.317. The Hall–Kier alpha value is -3.80. The minimum absolute atomic E-state index is 0.261. The van der Waals surface area contributed by atoms with E-state index in [4.69, 9.17) is 0 Å². The predicted octanol–water partition coefficient (Wildman–Crippen LogP) is 4.55. The van der Waals surface area contributed by atoms with E-state index in [1.54, 1.807) is 4.90 Å². The largest absolute Gasteiger partial charge is 0.336 e. The maximum Gasteiger partial charge on any atom is 0.326 e. The van der Waals surface area contributed by atoms with Gasteiger partial charge in [-0.15, -0.1) is 0 Å². The van der Waals surface area contributed by atoms with Crippen LogP contribution < -0.4 is 20.9 Å². The van der Waals surface area contributed by atoms with Crippen molar-refractivity contribution in [1.82, 2.24) is 5.32 Å². The van der Waals surface area contributed by atoms with Crippen LogP contribution in [0.25, 0.3) is 0 Å². The summed E-state index contributed by atoms with van der Waals surface area (Å²) in [7, 11) is 0. The molecule has 0 radical (unpaired) electrons. The normalized spacial score (nSPS) is 10.0. The number of para-hydroxylation sites is 3. The molecule has 142 valence electrons. The molecule has 0 aliphatic carbocycles. The summed E-state index contributed by atoms with van der Waals surface area (Å²) in [5, 5.41) is 8.41. The number of carbonyl (C=O) groups is 2.